The Morgan fingerprint density at radius 2 is 1.08 bits per heavy atom. The highest BCUT2D eigenvalue weighted by Crippen LogP contribution is 2.43. The van der Waals surface area contributed by atoms with Crippen molar-refractivity contribution in [2.24, 2.45) is 35.5 Å². The first-order valence-corrected chi connectivity index (χ1v) is 11.7. The van der Waals surface area contributed by atoms with E-state index in [0.717, 1.165) is 35.5 Å². The molecule has 0 aromatic carbocycles. The highest BCUT2D eigenvalue weighted by molar-refractivity contribution is 4.83. The maximum Gasteiger partial charge on any atom is -0.0360 e. The molecule has 0 heterocycles. The third-order valence-electron chi connectivity index (χ3n) is 7.74. The van der Waals surface area contributed by atoms with E-state index in [1.807, 2.05) is 13.8 Å². The monoisotopic (exact) mass is 334 g/mol. The molecule has 0 aliphatic heterocycles. The molecule has 24 heavy (non-hydrogen) atoms. The van der Waals surface area contributed by atoms with Gasteiger partial charge in [0.05, 0.1) is 0 Å². The second-order valence-electron chi connectivity index (χ2n) is 9.34. The van der Waals surface area contributed by atoms with E-state index in [2.05, 4.69) is 13.8 Å². The van der Waals surface area contributed by atoms with Crippen LogP contribution < -0.4 is 0 Å². The summed E-state index contributed by atoms with van der Waals surface area (Å²) >= 11 is 0. The molecule has 6 atom stereocenters. The van der Waals surface area contributed by atoms with Crippen molar-refractivity contribution in [3.05, 3.63) is 0 Å². The molecule has 0 aromatic rings. The zero-order valence-corrected chi connectivity index (χ0v) is 17.4. The Labute approximate surface area is 153 Å². The minimum atomic E-state index is 1.04. The third kappa shape index (κ3) is 5.77. The molecule has 0 amide bonds. The summed E-state index contributed by atoms with van der Waals surface area (Å²) in [6.45, 7) is 8.91. The standard InChI is InChI=1S/2C11H20.C2H6/c1-9-5-4-7-10-6-2-3-8-11(9)10;1-9-6-7-10-4-2-3-5-11(10)8-9;1-2/h2*9-11H,2-8H2,1H3;1-2H3. The largest absolute Gasteiger partial charge is 0.0683 e. The van der Waals surface area contributed by atoms with Gasteiger partial charge < -0.3 is 0 Å². The van der Waals surface area contributed by atoms with Crippen molar-refractivity contribution < 1.29 is 0 Å². The summed E-state index contributed by atoms with van der Waals surface area (Å²) in [6, 6.07) is 0. The predicted octanol–water partition coefficient (Wildman–Crippen LogP) is 8.25. The first-order chi connectivity index (χ1) is 11.7. The normalized spacial score (nSPS) is 41.5. The molecule has 0 bridgehead atoms. The van der Waals surface area contributed by atoms with Gasteiger partial charge in [-0.15, -0.1) is 0 Å². The highest BCUT2D eigenvalue weighted by atomic mass is 14.4. The maximum absolute atomic E-state index is 2.47. The fourth-order valence-corrected chi connectivity index (χ4v) is 6.37. The average Bonchev–Trinajstić information content (AvgIpc) is 2.64. The van der Waals surface area contributed by atoms with Gasteiger partial charge in [0.1, 0.15) is 0 Å². The molecule has 6 unspecified atom stereocenters. The van der Waals surface area contributed by atoms with E-state index < -0.39 is 0 Å². The van der Waals surface area contributed by atoms with Crippen molar-refractivity contribution in [3.63, 3.8) is 0 Å². The van der Waals surface area contributed by atoms with E-state index in [1.54, 1.807) is 44.9 Å². The second kappa shape index (κ2) is 10.9. The van der Waals surface area contributed by atoms with Crippen molar-refractivity contribution in [1.29, 1.82) is 0 Å². The lowest BCUT2D eigenvalue weighted by Crippen LogP contribution is -2.29. The Bertz CT molecular complexity index is 316. The molecular formula is C24H46. The van der Waals surface area contributed by atoms with Crippen molar-refractivity contribution in [3.8, 4) is 0 Å². The molecule has 4 fully saturated rings. The van der Waals surface area contributed by atoms with Gasteiger partial charge in [0.25, 0.3) is 0 Å². The Morgan fingerprint density at radius 3 is 1.79 bits per heavy atom. The second-order valence-corrected chi connectivity index (χ2v) is 9.34. The van der Waals surface area contributed by atoms with Crippen LogP contribution in [-0.4, -0.2) is 0 Å². The van der Waals surface area contributed by atoms with Crippen LogP contribution in [-0.2, 0) is 0 Å². The van der Waals surface area contributed by atoms with Crippen molar-refractivity contribution in [1.82, 2.24) is 0 Å². The minimum Gasteiger partial charge on any atom is -0.0683 e. The zero-order chi connectivity index (χ0) is 17.4. The fraction of sp³-hybridized carbons (Fsp3) is 1.00. The number of rotatable bonds is 0. The molecule has 4 saturated carbocycles. The van der Waals surface area contributed by atoms with Crippen LogP contribution in [0.15, 0.2) is 0 Å². The quantitative estimate of drug-likeness (QED) is 0.418. The lowest BCUT2D eigenvalue weighted by atomic mass is 9.66. The summed E-state index contributed by atoms with van der Waals surface area (Å²) in [6.07, 6.45) is 21.5. The van der Waals surface area contributed by atoms with E-state index in [9.17, 15) is 0 Å². The van der Waals surface area contributed by atoms with Crippen molar-refractivity contribution in [2.75, 3.05) is 0 Å². The summed E-state index contributed by atoms with van der Waals surface area (Å²) in [5.41, 5.74) is 0. The van der Waals surface area contributed by atoms with Crippen LogP contribution in [0.4, 0.5) is 0 Å². The van der Waals surface area contributed by atoms with Gasteiger partial charge in [-0.1, -0.05) is 98.3 Å². The molecule has 0 radical (unpaired) electrons. The Balaban J connectivity index is 0.000000158. The van der Waals surface area contributed by atoms with Gasteiger partial charge in [-0.25, -0.2) is 0 Å². The number of hydrogen-bond acceptors (Lipinski definition) is 0. The fourth-order valence-electron chi connectivity index (χ4n) is 6.37. The van der Waals surface area contributed by atoms with Crippen LogP contribution in [0.3, 0.4) is 0 Å². The van der Waals surface area contributed by atoms with Crippen LogP contribution in [0.2, 0.25) is 0 Å². The van der Waals surface area contributed by atoms with Gasteiger partial charge in [0.2, 0.25) is 0 Å². The molecule has 0 N–H and O–H groups in total. The predicted molar refractivity (Wildman–Crippen MR) is 108 cm³/mol. The molecular weight excluding hydrogens is 288 g/mol. The Morgan fingerprint density at radius 1 is 0.500 bits per heavy atom. The van der Waals surface area contributed by atoms with E-state index in [0.29, 0.717) is 0 Å². The highest BCUT2D eigenvalue weighted by Gasteiger charge is 2.32. The van der Waals surface area contributed by atoms with Crippen LogP contribution in [0, 0.1) is 35.5 Å². The van der Waals surface area contributed by atoms with E-state index in [4.69, 9.17) is 0 Å². The third-order valence-corrected chi connectivity index (χ3v) is 7.74. The summed E-state index contributed by atoms with van der Waals surface area (Å²) < 4.78 is 0. The van der Waals surface area contributed by atoms with Gasteiger partial charge in [-0.05, 0) is 54.8 Å². The van der Waals surface area contributed by atoms with Gasteiger partial charge >= 0.3 is 0 Å². The smallest absolute Gasteiger partial charge is 0.0360 e. The molecule has 142 valence electrons. The molecule has 0 spiro atoms. The molecule has 0 saturated heterocycles. The van der Waals surface area contributed by atoms with Gasteiger partial charge in [-0.3, -0.25) is 0 Å². The number of fused-ring (bicyclic) bond motifs is 2. The summed E-state index contributed by atoms with van der Waals surface area (Å²) in [4.78, 5) is 0. The summed E-state index contributed by atoms with van der Waals surface area (Å²) in [5.74, 6) is 6.61. The van der Waals surface area contributed by atoms with Gasteiger partial charge in [0.15, 0.2) is 0 Å². The average molecular weight is 335 g/mol. The zero-order valence-electron chi connectivity index (χ0n) is 17.4. The summed E-state index contributed by atoms with van der Waals surface area (Å²) in [5, 5.41) is 0. The lowest BCUT2D eigenvalue weighted by Gasteiger charge is -2.39. The maximum atomic E-state index is 2.47. The van der Waals surface area contributed by atoms with E-state index in [1.165, 1.54) is 44.9 Å². The Hall–Kier alpha value is 0. The van der Waals surface area contributed by atoms with E-state index in [-0.39, 0.29) is 0 Å². The molecule has 4 aliphatic carbocycles. The van der Waals surface area contributed by atoms with Crippen molar-refractivity contribution >= 4 is 0 Å². The molecule has 0 nitrogen and oxygen atoms in total. The Kier molecular flexibility index (Phi) is 9.20. The molecule has 4 rings (SSSR count). The van der Waals surface area contributed by atoms with E-state index >= 15 is 0 Å². The topological polar surface area (TPSA) is 0 Å². The van der Waals surface area contributed by atoms with Crippen LogP contribution >= 0.6 is 0 Å². The van der Waals surface area contributed by atoms with Crippen LogP contribution in [0.25, 0.3) is 0 Å². The molecule has 4 aliphatic rings. The van der Waals surface area contributed by atoms with Crippen molar-refractivity contribution in [2.45, 2.75) is 118 Å². The first kappa shape index (κ1) is 20.3. The van der Waals surface area contributed by atoms with Gasteiger partial charge in [0, 0.05) is 0 Å². The summed E-state index contributed by atoms with van der Waals surface area (Å²) in [7, 11) is 0. The first-order valence-electron chi connectivity index (χ1n) is 11.7. The van der Waals surface area contributed by atoms with Gasteiger partial charge in [-0.2, -0.15) is 0 Å². The molecule has 0 aromatic heterocycles. The SMILES string of the molecule is CC.CC1CCC2CCCCC2C1.CC1CCCC2CCCCC12. The van der Waals surface area contributed by atoms with Crippen LogP contribution in [0.1, 0.15) is 118 Å². The minimum absolute atomic E-state index is 1.04. The van der Waals surface area contributed by atoms with Crippen LogP contribution in [0.5, 0.6) is 0 Å². The molecule has 0 heteroatoms. The lowest BCUT2D eigenvalue weighted by molar-refractivity contribution is 0.114. The number of hydrogen-bond donors (Lipinski definition) is 0.